The number of aliphatic imine (C=N–C) groups is 3. The minimum Gasteiger partial charge on any atom is -0.505 e. The summed E-state index contributed by atoms with van der Waals surface area (Å²) < 4.78 is 18.4. The summed E-state index contributed by atoms with van der Waals surface area (Å²) >= 11 is 11.0. The van der Waals surface area contributed by atoms with Gasteiger partial charge < -0.3 is 36.3 Å². The van der Waals surface area contributed by atoms with Crippen LogP contribution in [-0.4, -0.2) is 45.9 Å². The summed E-state index contributed by atoms with van der Waals surface area (Å²) in [6.07, 6.45) is 0. The number of phenols is 1. The van der Waals surface area contributed by atoms with Crippen molar-refractivity contribution >= 4 is 106 Å². The first kappa shape index (κ1) is 30.2. The smallest absolute Gasteiger partial charge is 0.232 e. The van der Waals surface area contributed by atoms with Crippen molar-refractivity contribution < 1.29 is 14.2 Å². The maximum absolute atomic E-state index is 10.2. The molecule has 4 aromatic carbocycles. The molecule has 0 unspecified atom stereocenters. The highest BCUT2D eigenvalue weighted by Crippen LogP contribution is 2.39. The number of rotatable bonds is 4. The van der Waals surface area contributed by atoms with E-state index in [0.717, 1.165) is 15.7 Å². The van der Waals surface area contributed by atoms with Crippen molar-refractivity contribution in [1.29, 1.82) is 0 Å². The molecule has 14 heteroatoms. The minimum atomic E-state index is -0.0857. The van der Waals surface area contributed by atoms with Crippen LogP contribution in [0.15, 0.2) is 84.3 Å². The fraction of sp³-hybridized carbons (Fsp3) is 0.0800. The van der Waals surface area contributed by atoms with Crippen LogP contribution in [0.25, 0.3) is 21.5 Å². The molecule has 0 fully saturated rings. The van der Waals surface area contributed by atoms with E-state index in [1.54, 1.807) is 42.3 Å². The van der Waals surface area contributed by atoms with Crippen molar-refractivity contribution in [2.24, 2.45) is 20.7 Å². The van der Waals surface area contributed by atoms with Gasteiger partial charge in [-0.05, 0) is 53.9 Å². The first-order valence-corrected chi connectivity index (χ1v) is 13.5. The van der Waals surface area contributed by atoms with E-state index in [-0.39, 0.29) is 29.4 Å². The number of thiol groups is 1. The Hall–Kier alpha value is -3.33. The lowest BCUT2D eigenvalue weighted by molar-refractivity contribution is 0.483. The average Bonchev–Trinajstić information content (AvgIpc) is 2.93. The van der Waals surface area contributed by atoms with Crippen LogP contribution in [0.5, 0.6) is 5.75 Å². The number of nitrogens with zero attached hydrogens (tertiary/aromatic N) is 4. The lowest BCUT2D eigenvalue weighted by atomic mass is 10.1. The van der Waals surface area contributed by atoms with E-state index < -0.39 is 0 Å². The Balaban J connectivity index is 0.000000252. The summed E-state index contributed by atoms with van der Waals surface area (Å²) in [6, 6.07) is 16.3. The van der Waals surface area contributed by atoms with Gasteiger partial charge in [0.25, 0.3) is 0 Å². The standard InChI is InChI=1S/C15H17ClN6O2S.C10H9NOS2/c1-19-15(21-14(18)20-7-16)22(2)9-3-4-10-8(5-9)6-11(25-24)12(17)13(10)23;11-8-5-4-6-7(10(8)14-12)2-1-3-9(6)13/h3-6,23-24H,1,7,17H2,2H3,(H2,18,20);1-5,12-13H,11H2/b21-15+;. The molecule has 0 heterocycles. The van der Waals surface area contributed by atoms with Gasteiger partial charge in [-0.3, -0.25) is 0 Å². The van der Waals surface area contributed by atoms with Gasteiger partial charge in [0.15, 0.2) is 0 Å². The fourth-order valence-electron chi connectivity index (χ4n) is 3.61. The summed E-state index contributed by atoms with van der Waals surface area (Å²) in [5.74, 6) is 0.119. The van der Waals surface area contributed by atoms with Gasteiger partial charge in [-0.2, -0.15) is 4.99 Å². The summed E-state index contributed by atoms with van der Waals surface area (Å²) in [7, 11) is 1.72. The Bertz CT molecular complexity index is 1580. The van der Waals surface area contributed by atoms with E-state index in [0.29, 0.717) is 56.0 Å². The quantitative estimate of drug-likeness (QED) is 0.0216. The molecule has 10 nitrogen and oxygen atoms in total. The van der Waals surface area contributed by atoms with Crippen LogP contribution in [0, 0.1) is 0 Å². The number of nitrogen functional groups attached to an aromatic ring is 2. The van der Waals surface area contributed by atoms with Crippen molar-refractivity contribution in [3.05, 3.63) is 54.6 Å². The number of phenolic OH excluding ortho intramolecular Hbond substituents is 1. The molecule has 9 N–H and O–H groups in total. The molecule has 0 amide bonds. The lowest BCUT2D eigenvalue weighted by Crippen LogP contribution is -2.27. The average molecular weight is 604 g/mol. The molecule has 0 radical (unpaired) electrons. The zero-order valence-electron chi connectivity index (χ0n) is 20.6. The maximum atomic E-state index is 10.2. The maximum Gasteiger partial charge on any atom is 0.232 e. The number of aromatic hydroxyl groups is 1. The largest absolute Gasteiger partial charge is 0.505 e. The molecular formula is C25H26ClN7O3S3. The van der Waals surface area contributed by atoms with E-state index in [9.17, 15) is 9.66 Å². The predicted molar refractivity (Wildman–Crippen MR) is 170 cm³/mol. The van der Waals surface area contributed by atoms with Crippen LogP contribution in [0.2, 0.25) is 0 Å². The number of anilines is 3. The molecule has 4 aromatic rings. The van der Waals surface area contributed by atoms with E-state index >= 15 is 0 Å². The molecule has 0 aromatic heterocycles. The van der Waals surface area contributed by atoms with Crippen molar-refractivity contribution in [3.63, 3.8) is 0 Å². The SMILES string of the molecule is C=N/C(=N\C(N)=N/CCl)N(C)c1ccc2c(O)c(N)c(SO)cc2c1.Nc1ccc2c(S)cccc2c1SO. The highest BCUT2D eigenvalue weighted by molar-refractivity contribution is 7.94. The molecule has 39 heavy (non-hydrogen) atoms. The number of benzene rings is 4. The van der Waals surface area contributed by atoms with Gasteiger partial charge in [0.05, 0.1) is 15.5 Å². The van der Waals surface area contributed by atoms with E-state index in [1.165, 1.54) is 0 Å². The summed E-state index contributed by atoms with van der Waals surface area (Å²) in [5, 5.41) is 13.3. The zero-order chi connectivity index (χ0) is 28.7. The summed E-state index contributed by atoms with van der Waals surface area (Å²) in [5.41, 5.74) is 18.6. The fourth-order valence-corrected chi connectivity index (χ4v) is 4.84. The van der Waals surface area contributed by atoms with Gasteiger partial charge in [-0.25, -0.2) is 9.98 Å². The summed E-state index contributed by atoms with van der Waals surface area (Å²) in [6.45, 7) is 3.48. The number of fused-ring (bicyclic) bond motifs is 2. The van der Waals surface area contributed by atoms with E-state index in [1.807, 2.05) is 24.3 Å². The Kier molecular flexibility index (Phi) is 10.6. The van der Waals surface area contributed by atoms with Crippen molar-refractivity contribution in [2.75, 3.05) is 29.4 Å². The highest BCUT2D eigenvalue weighted by Gasteiger charge is 2.14. The third kappa shape index (κ3) is 6.82. The van der Waals surface area contributed by atoms with E-state index in [2.05, 4.69) is 34.3 Å². The Labute approximate surface area is 244 Å². The number of halogens is 1. The Morgan fingerprint density at radius 2 is 1.77 bits per heavy atom. The van der Waals surface area contributed by atoms with Gasteiger partial charge in [0.1, 0.15) is 11.8 Å². The third-order valence-electron chi connectivity index (χ3n) is 5.57. The van der Waals surface area contributed by atoms with Gasteiger partial charge in [0, 0.05) is 58.2 Å². The molecule has 0 aliphatic rings. The minimum absolute atomic E-state index is 0.0122. The monoisotopic (exact) mass is 603 g/mol. The molecule has 204 valence electrons. The zero-order valence-corrected chi connectivity index (χ0v) is 23.9. The van der Waals surface area contributed by atoms with Crippen molar-refractivity contribution in [2.45, 2.75) is 14.7 Å². The van der Waals surface area contributed by atoms with Crippen LogP contribution < -0.4 is 22.1 Å². The molecule has 0 bridgehead atoms. The topological polar surface area (TPSA) is 179 Å². The van der Waals surface area contributed by atoms with E-state index in [4.69, 9.17) is 33.4 Å². The number of alkyl halides is 1. The molecular weight excluding hydrogens is 578 g/mol. The molecule has 4 rings (SSSR count). The normalized spacial score (nSPS) is 11.8. The first-order valence-electron chi connectivity index (χ1n) is 11.0. The van der Waals surface area contributed by atoms with Gasteiger partial charge in [-0.1, -0.05) is 18.2 Å². The van der Waals surface area contributed by atoms with Crippen LogP contribution >= 0.6 is 48.3 Å². The summed E-state index contributed by atoms with van der Waals surface area (Å²) in [4.78, 5) is 15.2. The highest BCUT2D eigenvalue weighted by atomic mass is 35.5. The molecule has 0 saturated heterocycles. The van der Waals surface area contributed by atoms with Crippen LogP contribution in [0.4, 0.5) is 17.1 Å². The van der Waals surface area contributed by atoms with Crippen LogP contribution in [0.3, 0.4) is 0 Å². The van der Waals surface area contributed by atoms with Crippen molar-refractivity contribution in [3.8, 4) is 5.75 Å². The number of hydrogen-bond donors (Lipinski definition) is 7. The van der Waals surface area contributed by atoms with Crippen LogP contribution in [0.1, 0.15) is 0 Å². The van der Waals surface area contributed by atoms with Gasteiger partial charge >= 0.3 is 0 Å². The second-order valence-electron chi connectivity index (χ2n) is 7.85. The molecule has 0 spiro atoms. The Morgan fingerprint density at radius 3 is 2.41 bits per heavy atom. The second-order valence-corrected chi connectivity index (χ2v) is 9.78. The third-order valence-corrected chi connectivity index (χ3v) is 7.25. The molecule has 0 atom stereocenters. The molecule has 0 saturated carbocycles. The first-order chi connectivity index (χ1) is 18.7. The number of hydrogen-bond acceptors (Lipinski definition) is 9. The van der Waals surface area contributed by atoms with Crippen molar-refractivity contribution in [1.82, 2.24) is 0 Å². The van der Waals surface area contributed by atoms with Gasteiger partial charge in [-0.15, -0.1) is 24.2 Å². The predicted octanol–water partition coefficient (Wildman–Crippen LogP) is 5.97. The molecule has 0 aliphatic carbocycles. The van der Waals surface area contributed by atoms with Crippen LogP contribution in [-0.2, 0) is 0 Å². The van der Waals surface area contributed by atoms with Gasteiger partial charge in [0.2, 0.25) is 11.9 Å². The number of nitrogens with two attached hydrogens (primary N) is 3. The Morgan fingerprint density at radius 1 is 1.05 bits per heavy atom. The number of guanidine groups is 2. The molecule has 0 aliphatic heterocycles. The lowest BCUT2D eigenvalue weighted by Gasteiger charge is -2.19. The second kappa shape index (κ2) is 13.6.